The van der Waals surface area contributed by atoms with E-state index in [0.29, 0.717) is 5.56 Å². The first-order valence-electron chi connectivity index (χ1n) is 8.57. The predicted molar refractivity (Wildman–Crippen MR) is 93.1 cm³/mol. The van der Waals surface area contributed by atoms with E-state index in [1.165, 1.54) is 19.3 Å². The summed E-state index contributed by atoms with van der Waals surface area (Å²) in [6.07, 6.45) is 4.53. The van der Waals surface area contributed by atoms with Crippen molar-refractivity contribution in [3.8, 4) is 6.07 Å². The number of amides is 1. The molecular weight excluding hydrogens is 286 g/mol. The topological polar surface area (TPSA) is 52.9 Å². The van der Waals surface area contributed by atoms with Crippen LogP contribution in [0.3, 0.4) is 0 Å². The van der Waals surface area contributed by atoms with E-state index in [0.717, 1.165) is 40.8 Å². The van der Waals surface area contributed by atoms with Gasteiger partial charge in [0.2, 0.25) is 0 Å². The van der Waals surface area contributed by atoms with Crippen molar-refractivity contribution < 1.29 is 9.28 Å². The lowest BCUT2D eigenvalue weighted by Gasteiger charge is -2.43. The number of likely N-dealkylation sites (N-methyl/N-ethyl adjacent to an activating group) is 1. The third-order valence-electron chi connectivity index (χ3n) is 5.19. The Morgan fingerprint density at radius 1 is 1.26 bits per heavy atom. The van der Waals surface area contributed by atoms with Gasteiger partial charge in [0.1, 0.15) is 0 Å². The maximum absolute atomic E-state index is 12.9. The molecular formula is C19H28N3O+. The Hall–Kier alpha value is -1.86. The molecule has 1 atom stereocenters. The van der Waals surface area contributed by atoms with Crippen LogP contribution in [0.4, 0.5) is 5.69 Å². The van der Waals surface area contributed by atoms with Crippen LogP contribution in [-0.2, 0) is 4.79 Å². The molecule has 1 fully saturated rings. The quantitative estimate of drug-likeness (QED) is 0.865. The van der Waals surface area contributed by atoms with Gasteiger partial charge in [0, 0.05) is 12.1 Å². The highest BCUT2D eigenvalue weighted by Gasteiger charge is 2.38. The van der Waals surface area contributed by atoms with Gasteiger partial charge in [0.05, 0.1) is 31.8 Å². The Balaban J connectivity index is 2.22. The third kappa shape index (κ3) is 3.73. The maximum Gasteiger partial charge on any atom is 0.282 e. The zero-order chi connectivity index (χ0) is 17.0. The smallest absolute Gasteiger partial charge is 0.282 e. The maximum atomic E-state index is 12.9. The summed E-state index contributed by atoms with van der Waals surface area (Å²) in [7, 11) is 2.21. The molecule has 1 unspecified atom stereocenters. The van der Waals surface area contributed by atoms with Crippen LogP contribution >= 0.6 is 0 Å². The number of piperidine rings is 1. The number of hydrogen-bond donors (Lipinski definition) is 1. The zero-order valence-corrected chi connectivity index (χ0v) is 14.8. The lowest BCUT2D eigenvalue weighted by Crippen LogP contribution is -2.59. The molecule has 0 saturated carbocycles. The summed E-state index contributed by atoms with van der Waals surface area (Å²) in [6.45, 7) is 8.15. The monoisotopic (exact) mass is 314 g/mol. The fourth-order valence-electron chi connectivity index (χ4n) is 3.89. The molecule has 1 heterocycles. The van der Waals surface area contributed by atoms with Gasteiger partial charge in [0.15, 0.2) is 6.04 Å². The van der Waals surface area contributed by atoms with E-state index in [2.05, 4.69) is 25.4 Å². The number of benzene rings is 1. The van der Waals surface area contributed by atoms with E-state index >= 15 is 0 Å². The molecule has 23 heavy (non-hydrogen) atoms. The minimum absolute atomic E-state index is 0.00950. The van der Waals surface area contributed by atoms with Crippen molar-refractivity contribution >= 4 is 11.6 Å². The standard InChI is InChI=1S/C19H27N3O/c1-5-17(22(4)9-7-6-8-10-22)19(23)21-18-14(2)11-16(13-20)12-15(18)3/h11-12,17H,5-10H2,1-4H3/p+1. The van der Waals surface area contributed by atoms with E-state index in [4.69, 9.17) is 5.26 Å². The first-order valence-corrected chi connectivity index (χ1v) is 8.57. The molecule has 0 spiro atoms. The number of hydrogen-bond acceptors (Lipinski definition) is 2. The number of likely N-dealkylation sites (tertiary alicyclic amines) is 1. The molecule has 4 nitrogen and oxygen atoms in total. The summed E-state index contributed by atoms with van der Waals surface area (Å²) in [6, 6.07) is 5.82. The van der Waals surface area contributed by atoms with Crippen LogP contribution in [0, 0.1) is 25.2 Å². The second-order valence-corrected chi connectivity index (χ2v) is 7.00. The van der Waals surface area contributed by atoms with E-state index in [-0.39, 0.29) is 11.9 Å². The van der Waals surface area contributed by atoms with Crippen molar-refractivity contribution in [2.24, 2.45) is 0 Å². The van der Waals surface area contributed by atoms with Gasteiger partial charge in [-0.15, -0.1) is 0 Å². The van der Waals surface area contributed by atoms with Crippen molar-refractivity contribution in [3.63, 3.8) is 0 Å². The molecule has 1 N–H and O–H groups in total. The van der Waals surface area contributed by atoms with E-state index in [1.54, 1.807) is 0 Å². The fourth-order valence-corrected chi connectivity index (χ4v) is 3.89. The highest BCUT2D eigenvalue weighted by molar-refractivity contribution is 5.95. The third-order valence-corrected chi connectivity index (χ3v) is 5.19. The number of carbonyl (C=O) groups is 1. The lowest BCUT2D eigenvalue weighted by molar-refractivity contribution is -0.928. The van der Waals surface area contributed by atoms with Crippen LogP contribution < -0.4 is 5.32 Å². The van der Waals surface area contributed by atoms with E-state index in [1.807, 2.05) is 26.0 Å². The lowest BCUT2D eigenvalue weighted by atomic mass is 10.0. The van der Waals surface area contributed by atoms with Crippen molar-refractivity contribution in [1.29, 1.82) is 5.26 Å². The Labute approximate surface area is 139 Å². The number of quaternary nitrogens is 1. The summed E-state index contributed by atoms with van der Waals surface area (Å²) in [5.74, 6) is 0.104. The zero-order valence-electron chi connectivity index (χ0n) is 14.8. The van der Waals surface area contributed by atoms with Gasteiger partial charge in [0.25, 0.3) is 5.91 Å². The molecule has 1 aliphatic heterocycles. The SMILES string of the molecule is CCC(C(=O)Nc1c(C)cc(C#N)cc1C)[N+]1(C)CCCCC1. The molecule has 0 bridgehead atoms. The van der Waals surface area contributed by atoms with Crippen molar-refractivity contribution in [2.75, 3.05) is 25.5 Å². The molecule has 0 aromatic heterocycles. The minimum Gasteiger partial charge on any atom is -0.320 e. The van der Waals surface area contributed by atoms with Crippen LogP contribution in [-0.4, -0.2) is 36.6 Å². The molecule has 1 aliphatic rings. The second kappa shape index (κ2) is 7.14. The predicted octanol–water partition coefficient (Wildman–Crippen LogP) is 3.52. The van der Waals surface area contributed by atoms with Gasteiger partial charge in [-0.3, -0.25) is 4.79 Å². The van der Waals surface area contributed by atoms with Crippen LogP contribution in [0.5, 0.6) is 0 Å². The van der Waals surface area contributed by atoms with Crippen molar-refractivity contribution in [2.45, 2.75) is 52.5 Å². The van der Waals surface area contributed by atoms with Crippen LogP contribution in [0.1, 0.15) is 49.3 Å². The molecule has 1 aromatic carbocycles. The number of nitrogens with one attached hydrogen (secondary N) is 1. The highest BCUT2D eigenvalue weighted by Crippen LogP contribution is 2.26. The Kier molecular flexibility index (Phi) is 5.43. The number of nitrogens with zero attached hydrogens (tertiary/aromatic N) is 2. The largest absolute Gasteiger partial charge is 0.320 e. The highest BCUT2D eigenvalue weighted by atomic mass is 16.2. The molecule has 1 amide bonds. The summed E-state index contributed by atoms with van der Waals surface area (Å²) >= 11 is 0. The van der Waals surface area contributed by atoms with E-state index in [9.17, 15) is 4.79 Å². The second-order valence-electron chi connectivity index (χ2n) is 7.00. The number of aryl methyl sites for hydroxylation is 2. The van der Waals surface area contributed by atoms with Crippen molar-refractivity contribution in [3.05, 3.63) is 28.8 Å². The average molecular weight is 314 g/mol. The summed E-state index contributed by atoms with van der Waals surface area (Å²) in [4.78, 5) is 12.9. The van der Waals surface area contributed by atoms with Crippen molar-refractivity contribution in [1.82, 2.24) is 0 Å². The molecule has 0 aliphatic carbocycles. The normalized spacial score (nSPS) is 18.0. The average Bonchev–Trinajstić information content (AvgIpc) is 2.51. The van der Waals surface area contributed by atoms with Crippen LogP contribution in [0.15, 0.2) is 12.1 Å². The number of anilines is 1. The van der Waals surface area contributed by atoms with Crippen LogP contribution in [0.25, 0.3) is 0 Å². The Bertz CT molecular complexity index is 601. The van der Waals surface area contributed by atoms with Gasteiger partial charge in [-0.2, -0.15) is 5.26 Å². The number of carbonyl (C=O) groups excluding carboxylic acids is 1. The van der Waals surface area contributed by atoms with Gasteiger partial charge in [-0.05, 0) is 56.4 Å². The van der Waals surface area contributed by atoms with Gasteiger partial charge < -0.3 is 9.80 Å². The molecule has 4 heteroatoms. The Morgan fingerprint density at radius 3 is 2.30 bits per heavy atom. The molecule has 0 radical (unpaired) electrons. The summed E-state index contributed by atoms with van der Waals surface area (Å²) in [5, 5.41) is 12.2. The van der Waals surface area contributed by atoms with Crippen LogP contribution in [0.2, 0.25) is 0 Å². The molecule has 124 valence electrons. The van der Waals surface area contributed by atoms with Gasteiger partial charge in [-0.25, -0.2) is 0 Å². The molecule has 1 aromatic rings. The summed E-state index contributed by atoms with van der Waals surface area (Å²) in [5.41, 5.74) is 3.40. The van der Waals surface area contributed by atoms with Gasteiger partial charge >= 0.3 is 0 Å². The first kappa shape index (κ1) is 17.5. The molecule has 1 saturated heterocycles. The minimum atomic E-state index is -0.00950. The number of nitriles is 1. The van der Waals surface area contributed by atoms with Gasteiger partial charge in [-0.1, -0.05) is 6.92 Å². The molecule has 2 rings (SSSR count). The fraction of sp³-hybridized carbons (Fsp3) is 0.579. The van der Waals surface area contributed by atoms with E-state index < -0.39 is 0 Å². The first-order chi connectivity index (χ1) is 10.9. The Morgan fingerprint density at radius 2 is 1.83 bits per heavy atom. The summed E-state index contributed by atoms with van der Waals surface area (Å²) < 4.78 is 0.844. The number of rotatable bonds is 4.